The van der Waals surface area contributed by atoms with E-state index in [4.69, 9.17) is 4.74 Å². The molecule has 0 aromatic heterocycles. The Labute approximate surface area is 219 Å². The van der Waals surface area contributed by atoms with Gasteiger partial charge in [-0.15, -0.1) is 0 Å². The maximum Gasteiger partial charge on any atom is 0.205 e. The van der Waals surface area contributed by atoms with E-state index in [0.29, 0.717) is 18.8 Å². The topological polar surface area (TPSA) is 9.23 Å². The van der Waals surface area contributed by atoms with E-state index in [9.17, 15) is 35.1 Å². The van der Waals surface area contributed by atoms with Crippen molar-refractivity contribution in [3.8, 4) is 22.6 Å². The molecule has 3 aromatic carbocycles. The first-order chi connectivity index (χ1) is 18.3. The Morgan fingerprint density at radius 1 is 0.641 bits per heavy atom. The highest BCUT2D eigenvalue weighted by atomic mass is 19.2. The van der Waals surface area contributed by atoms with Gasteiger partial charge in [-0.3, -0.25) is 0 Å². The van der Waals surface area contributed by atoms with Gasteiger partial charge in [-0.25, -0.2) is 26.3 Å². The summed E-state index contributed by atoms with van der Waals surface area (Å²) >= 11 is 0. The van der Waals surface area contributed by atoms with Gasteiger partial charge in [0.15, 0.2) is 34.9 Å². The molecule has 2 atom stereocenters. The molecule has 0 heterocycles. The van der Waals surface area contributed by atoms with Crippen LogP contribution in [-0.2, 0) is 5.41 Å². The minimum absolute atomic E-state index is 0.000456. The highest BCUT2D eigenvalue weighted by molar-refractivity contribution is 5.69. The lowest BCUT2D eigenvalue weighted by molar-refractivity contribution is -0.0615. The van der Waals surface area contributed by atoms with Crippen LogP contribution in [0.2, 0.25) is 0 Å². The van der Waals surface area contributed by atoms with Crippen LogP contribution in [0.1, 0.15) is 56.6 Å². The molecular formula is C30H24F8O. The number of halogens is 8. The Morgan fingerprint density at radius 2 is 1.10 bits per heavy atom. The van der Waals surface area contributed by atoms with E-state index in [1.165, 1.54) is 31.4 Å². The summed E-state index contributed by atoms with van der Waals surface area (Å²) in [4.78, 5) is 0. The van der Waals surface area contributed by atoms with Crippen molar-refractivity contribution in [2.45, 2.75) is 57.8 Å². The number of ether oxygens (including phenoxy) is 1. The van der Waals surface area contributed by atoms with E-state index < -0.39 is 69.0 Å². The second kappa shape index (κ2) is 8.70. The van der Waals surface area contributed by atoms with Crippen LogP contribution in [0.3, 0.4) is 0 Å². The van der Waals surface area contributed by atoms with E-state index in [1.54, 1.807) is 12.1 Å². The predicted molar refractivity (Wildman–Crippen MR) is 127 cm³/mol. The van der Waals surface area contributed by atoms with Gasteiger partial charge in [-0.05, 0) is 85.8 Å². The molecule has 9 heteroatoms. The van der Waals surface area contributed by atoms with Gasteiger partial charge >= 0.3 is 0 Å². The first kappa shape index (κ1) is 26.1. The zero-order chi connectivity index (χ0) is 28.0. The molecule has 0 saturated heterocycles. The molecular weight excluding hydrogens is 528 g/mol. The lowest BCUT2D eigenvalue weighted by Crippen LogP contribution is -2.52. The molecule has 1 nitrogen and oxygen atoms in total. The molecule has 4 aliphatic rings. The second-order valence-corrected chi connectivity index (χ2v) is 11.9. The van der Waals surface area contributed by atoms with Crippen molar-refractivity contribution in [3.05, 3.63) is 81.9 Å². The van der Waals surface area contributed by atoms with Crippen LogP contribution in [0.4, 0.5) is 35.1 Å². The summed E-state index contributed by atoms with van der Waals surface area (Å²) in [6.07, 6.45) is 6.84. The molecule has 3 aromatic rings. The second-order valence-electron chi connectivity index (χ2n) is 11.9. The normalized spacial score (nSPS) is 27.3. The molecule has 4 aliphatic carbocycles. The van der Waals surface area contributed by atoms with Crippen molar-refractivity contribution >= 4 is 0 Å². The Kier molecular flexibility index (Phi) is 5.83. The lowest BCUT2D eigenvalue weighted by Gasteiger charge is -2.61. The summed E-state index contributed by atoms with van der Waals surface area (Å²) in [6, 6.07) is 6.46. The quantitative estimate of drug-likeness (QED) is 0.231. The Bertz CT molecular complexity index is 1440. The number of hydrogen-bond donors (Lipinski definition) is 0. The van der Waals surface area contributed by atoms with Gasteiger partial charge in [0.25, 0.3) is 0 Å². The fourth-order valence-corrected chi connectivity index (χ4v) is 7.93. The molecule has 0 radical (unpaired) electrons. The van der Waals surface area contributed by atoms with Gasteiger partial charge in [-0.2, -0.15) is 8.78 Å². The highest BCUT2D eigenvalue weighted by Crippen LogP contribution is 2.65. The summed E-state index contributed by atoms with van der Waals surface area (Å²) in [7, 11) is 0. The Balaban J connectivity index is 1.35. The van der Waals surface area contributed by atoms with Crippen molar-refractivity contribution in [3.63, 3.8) is 0 Å². The van der Waals surface area contributed by atoms with Crippen molar-refractivity contribution in [2.24, 2.45) is 17.3 Å². The fourth-order valence-electron chi connectivity index (χ4n) is 7.93. The summed E-state index contributed by atoms with van der Waals surface area (Å²) in [5, 5.41) is 0. The first-order valence-electron chi connectivity index (χ1n) is 12.8. The molecule has 0 aliphatic heterocycles. The lowest BCUT2D eigenvalue weighted by atomic mass is 9.43. The molecule has 4 saturated carbocycles. The van der Waals surface area contributed by atoms with Crippen LogP contribution in [0.15, 0.2) is 24.3 Å². The van der Waals surface area contributed by atoms with Gasteiger partial charge in [0.1, 0.15) is 5.75 Å². The van der Waals surface area contributed by atoms with E-state index in [1.807, 2.05) is 0 Å². The fraction of sp³-hybridized carbons (Fsp3) is 0.400. The predicted octanol–water partition coefficient (Wildman–Crippen LogP) is 9.43. The van der Waals surface area contributed by atoms with Crippen molar-refractivity contribution in [1.29, 1.82) is 0 Å². The van der Waals surface area contributed by atoms with Crippen molar-refractivity contribution in [1.82, 2.24) is 0 Å². The third-order valence-electron chi connectivity index (χ3n) is 9.00. The summed E-state index contributed by atoms with van der Waals surface area (Å²) in [6.45, 7) is 3.02. The third-order valence-corrected chi connectivity index (χ3v) is 9.00. The molecule has 4 bridgehead atoms. The molecule has 39 heavy (non-hydrogen) atoms. The number of benzene rings is 3. The molecule has 4 fully saturated rings. The zero-order valence-electron chi connectivity index (χ0n) is 21.1. The van der Waals surface area contributed by atoms with Crippen LogP contribution in [0, 0.1) is 70.7 Å². The molecule has 7 rings (SSSR count). The average molecular weight is 553 g/mol. The molecule has 0 spiro atoms. The first-order valence-corrected chi connectivity index (χ1v) is 12.8. The minimum Gasteiger partial charge on any atom is -0.451 e. The van der Waals surface area contributed by atoms with Crippen LogP contribution in [0.5, 0.6) is 11.5 Å². The molecule has 2 unspecified atom stereocenters. The van der Waals surface area contributed by atoms with Crippen molar-refractivity contribution < 1.29 is 39.9 Å². The number of hydrogen-bond acceptors (Lipinski definition) is 1. The van der Waals surface area contributed by atoms with Gasteiger partial charge in [0.05, 0.1) is 11.1 Å². The Morgan fingerprint density at radius 3 is 1.56 bits per heavy atom. The van der Waals surface area contributed by atoms with E-state index >= 15 is 0 Å². The average Bonchev–Trinajstić information content (AvgIpc) is 2.88. The van der Waals surface area contributed by atoms with E-state index in [2.05, 4.69) is 6.92 Å². The summed E-state index contributed by atoms with van der Waals surface area (Å²) in [5.74, 6) is -17.3. The van der Waals surface area contributed by atoms with E-state index in [0.717, 1.165) is 24.8 Å². The van der Waals surface area contributed by atoms with Crippen LogP contribution in [-0.4, -0.2) is 0 Å². The summed E-state index contributed by atoms with van der Waals surface area (Å²) in [5.41, 5.74) is -3.57. The number of rotatable bonds is 4. The minimum atomic E-state index is -2.26. The van der Waals surface area contributed by atoms with Gasteiger partial charge in [0, 0.05) is 5.56 Å². The largest absolute Gasteiger partial charge is 0.451 e. The van der Waals surface area contributed by atoms with Crippen molar-refractivity contribution in [2.75, 3.05) is 0 Å². The van der Waals surface area contributed by atoms with Crippen LogP contribution in [0.25, 0.3) is 11.1 Å². The van der Waals surface area contributed by atoms with Gasteiger partial charge < -0.3 is 4.74 Å². The zero-order valence-corrected chi connectivity index (χ0v) is 21.1. The van der Waals surface area contributed by atoms with Gasteiger partial charge in [-0.1, -0.05) is 19.1 Å². The molecule has 0 N–H and O–H groups in total. The van der Waals surface area contributed by atoms with Gasteiger partial charge in [0.2, 0.25) is 17.4 Å². The van der Waals surface area contributed by atoms with Crippen LogP contribution < -0.4 is 4.74 Å². The molecule has 0 amide bonds. The van der Waals surface area contributed by atoms with Crippen LogP contribution >= 0.6 is 0 Å². The maximum atomic E-state index is 14.9. The third kappa shape index (κ3) is 3.86. The monoisotopic (exact) mass is 552 g/mol. The smallest absolute Gasteiger partial charge is 0.205 e. The maximum absolute atomic E-state index is 14.9. The summed E-state index contributed by atoms with van der Waals surface area (Å²) < 4.78 is 122. The molecule has 206 valence electrons. The standard InChI is InChI=1S/C30H24F8O/c1-13-20(31)22(33)18(23(34)21(13)32)19-24(35)26(37)28(27(38)25(19)36)39-17-5-3-16(4-6-17)30-10-14-7-15(11-30)9-29(2,8-14)12-30/h3-6,14-15H,7-12H2,1-2H3. The SMILES string of the molecule is Cc1c(F)c(F)c(-c2c(F)c(F)c(Oc3ccc(C45CC6CC(CC(C)(C6)C4)C5)cc3)c(F)c2F)c(F)c1F. The van der Waals surface area contributed by atoms with E-state index in [-0.39, 0.29) is 16.6 Å². The highest BCUT2D eigenvalue weighted by Gasteiger charge is 2.56. The Hall–Kier alpha value is -3.10.